The number of piperidine rings is 1. The second-order valence-corrected chi connectivity index (χ2v) is 6.51. The van der Waals surface area contributed by atoms with Gasteiger partial charge in [-0.3, -0.25) is 9.59 Å². The summed E-state index contributed by atoms with van der Waals surface area (Å²) in [4.78, 5) is 37.9. The van der Waals surface area contributed by atoms with Gasteiger partial charge in [0, 0.05) is 33.7 Å². The van der Waals surface area contributed by atoms with Crippen LogP contribution in [-0.4, -0.2) is 66.6 Å². The van der Waals surface area contributed by atoms with Crippen molar-refractivity contribution in [2.75, 3.05) is 33.8 Å². The molecule has 0 radical (unpaired) electrons. The molecule has 0 saturated carbocycles. The second kappa shape index (κ2) is 9.07. The quantitative estimate of drug-likeness (QED) is 0.790. The molecule has 1 saturated heterocycles. The van der Waals surface area contributed by atoms with Gasteiger partial charge in [0.25, 0.3) is 5.91 Å². The highest BCUT2D eigenvalue weighted by Crippen LogP contribution is 2.17. The first-order valence-electron chi connectivity index (χ1n) is 8.54. The number of aliphatic carboxylic acids is 1. The molecule has 0 aliphatic carbocycles. The Labute approximate surface area is 152 Å². The molecule has 8 heteroatoms. The number of carbonyl (C=O) groups is 3. The van der Waals surface area contributed by atoms with Crippen LogP contribution in [0.5, 0.6) is 5.75 Å². The van der Waals surface area contributed by atoms with Crippen LogP contribution < -0.4 is 10.1 Å². The number of ether oxygens (including phenoxy) is 1. The average molecular weight is 363 g/mol. The van der Waals surface area contributed by atoms with Crippen LogP contribution in [-0.2, 0) is 16.1 Å². The fourth-order valence-electron chi connectivity index (χ4n) is 2.67. The summed E-state index contributed by atoms with van der Waals surface area (Å²) in [6.07, 6.45) is 1.29. The number of rotatable bonds is 6. The molecule has 26 heavy (non-hydrogen) atoms. The molecule has 1 aromatic rings. The van der Waals surface area contributed by atoms with Crippen molar-refractivity contribution in [3.05, 3.63) is 29.8 Å². The lowest BCUT2D eigenvalue weighted by molar-refractivity contribution is -0.143. The molecular weight excluding hydrogens is 338 g/mol. The van der Waals surface area contributed by atoms with Crippen LogP contribution in [0.4, 0.5) is 4.79 Å². The van der Waals surface area contributed by atoms with Gasteiger partial charge < -0.3 is 25.0 Å². The van der Waals surface area contributed by atoms with E-state index in [0.29, 0.717) is 31.7 Å². The van der Waals surface area contributed by atoms with Crippen LogP contribution in [0.25, 0.3) is 0 Å². The van der Waals surface area contributed by atoms with Gasteiger partial charge in [0.1, 0.15) is 5.75 Å². The average Bonchev–Trinajstić information content (AvgIpc) is 2.64. The molecular formula is C18H25N3O5. The van der Waals surface area contributed by atoms with Gasteiger partial charge in [0.2, 0.25) is 0 Å². The predicted octanol–water partition coefficient (Wildman–Crippen LogP) is 1.16. The predicted molar refractivity (Wildman–Crippen MR) is 94.8 cm³/mol. The summed E-state index contributed by atoms with van der Waals surface area (Å²) < 4.78 is 5.45. The van der Waals surface area contributed by atoms with Crippen molar-refractivity contribution in [3.63, 3.8) is 0 Å². The van der Waals surface area contributed by atoms with Crippen molar-refractivity contribution in [2.45, 2.75) is 19.4 Å². The van der Waals surface area contributed by atoms with Gasteiger partial charge in [-0.1, -0.05) is 12.1 Å². The molecule has 0 bridgehead atoms. The van der Waals surface area contributed by atoms with Gasteiger partial charge in [-0.15, -0.1) is 0 Å². The summed E-state index contributed by atoms with van der Waals surface area (Å²) in [5, 5.41) is 11.9. The Morgan fingerprint density at radius 1 is 1.35 bits per heavy atom. The molecule has 3 amide bonds. The molecule has 1 atom stereocenters. The summed E-state index contributed by atoms with van der Waals surface area (Å²) in [6.45, 7) is 1.04. The topological polar surface area (TPSA) is 99.2 Å². The summed E-state index contributed by atoms with van der Waals surface area (Å²) in [7, 11) is 3.32. The standard InChI is InChI=1S/C18H25N3O5/c1-20(2)16(22)12-26-15-7-3-5-13(9-15)10-19-18(25)21-8-4-6-14(11-21)17(23)24/h3,5,7,9,14H,4,6,8,10-12H2,1-2H3,(H,19,25)(H,23,24). The SMILES string of the molecule is CN(C)C(=O)COc1cccc(CNC(=O)N2CCCC(C(=O)O)C2)c1. The Kier molecular flexibility index (Phi) is 6.82. The lowest BCUT2D eigenvalue weighted by Crippen LogP contribution is -2.46. The Morgan fingerprint density at radius 2 is 2.12 bits per heavy atom. The number of hydrogen-bond donors (Lipinski definition) is 2. The lowest BCUT2D eigenvalue weighted by atomic mass is 9.99. The van der Waals surface area contributed by atoms with E-state index in [2.05, 4.69) is 5.32 Å². The minimum atomic E-state index is -0.861. The van der Waals surface area contributed by atoms with Crippen molar-refractivity contribution in [3.8, 4) is 5.75 Å². The lowest BCUT2D eigenvalue weighted by Gasteiger charge is -2.30. The van der Waals surface area contributed by atoms with Crippen LogP contribution in [0.1, 0.15) is 18.4 Å². The van der Waals surface area contributed by atoms with Crippen molar-refractivity contribution in [1.82, 2.24) is 15.1 Å². The van der Waals surface area contributed by atoms with Gasteiger partial charge in [0.05, 0.1) is 5.92 Å². The largest absolute Gasteiger partial charge is 0.484 e. The van der Waals surface area contributed by atoms with Gasteiger partial charge in [-0.2, -0.15) is 0 Å². The van der Waals surface area contributed by atoms with E-state index in [-0.39, 0.29) is 25.1 Å². The molecule has 1 fully saturated rings. The van der Waals surface area contributed by atoms with Crippen LogP contribution in [0, 0.1) is 5.92 Å². The maximum absolute atomic E-state index is 12.3. The number of likely N-dealkylation sites (tertiary alicyclic amines) is 1. The highest BCUT2D eigenvalue weighted by Gasteiger charge is 2.27. The Morgan fingerprint density at radius 3 is 2.81 bits per heavy atom. The number of nitrogens with one attached hydrogen (secondary N) is 1. The summed E-state index contributed by atoms with van der Waals surface area (Å²) in [6, 6.07) is 6.87. The van der Waals surface area contributed by atoms with Gasteiger partial charge >= 0.3 is 12.0 Å². The number of urea groups is 1. The van der Waals surface area contributed by atoms with Crippen molar-refractivity contribution in [2.24, 2.45) is 5.92 Å². The number of benzene rings is 1. The molecule has 1 aromatic carbocycles. The van der Waals surface area contributed by atoms with E-state index in [4.69, 9.17) is 9.84 Å². The maximum Gasteiger partial charge on any atom is 0.317 e. The van der Waals surface area contributed by atoms with E-state index < -0.39 is 11.9 Å². The first kappa shape index (κ1) is 19.6. The molecule has 8 nitrogen and oxygen atoms in total. The normalized spacial score (nSPS) is 16.7. The maximum atomic E-state index is 12.3. The van der Waals surface area contributed by atoms with Crippen molar-refractivity contribution < 1.29 is 24.2 Å². The summed E-state index contributed by atoms with van der Waals surface area (Å²) >= 11 is 0. The first-order chi connectivity index (χ1) is 12.4. The highest BCUT2D eigenvalue weighted by atomic mass is 16.5. The van der Waals surface area contributed by atoms with Gasteiger partial charge in [0.15, 0.2) is 6.61 Å². The number of amides is 3. The van der Waals surface area contributed by atoms with E-state index in [1.54, 1.807) is 37.2 Å². The molecule has 1 unspecified atom stereocenters. The van der Waals surface area contributed by atoms with E-state index in [1.807, 2.05) is 6.07 Å². The van der Waals surface area contributed by atoms with E-state index in [0.717, 1.165) is 5.56 Å². The smallest absolute Gasteiger partial charge is 0.317 e. The van der Waals surface area contributed by atoms with E-state index in [1.165, 1.54) is 4.90 Å². The number of likely N-dealkylation sites (N-methyl/N-ethyl adjacent to an activating group) is 1. The fraction of sp³-hybridized carbons (Fsp3) is 0.500. The Hall–Kier alpha value is -2.77. The van der Waals surface area contributed by atoms with Crippen LogP contribution >= 0.6 is 0 Å². The summed E-state index contributed by atoms with van der Waals surface area (Å²) in [5.74, 6) is -0.947. The third-order valence-electron chi connectivity index (χ3n) is 4.26. The number of carbonyl (C=O) groups excluding carboxylic acids is 2. The van der Waals surface area contributed by atoms with Crippen molar-refractivity contribution in [1.29, 1.82) is 0 Å². The van der Waals surface area contributed by atoms with Crippen LogP contribution in [0.2, 0.25) is 0 Å². The molecule has 1 heterocycles. The van der Waals surface area contributed by atoms with Crippen molar-refractivity contribution >= 4 is 17.9 Å². The Balaban J connectivity index is 1.85. The van der Waals surface area contributed by atoms with E-state index >= 15 is 0 Å². The third kappa shape index (κ3) is 5.65. The molecule has 0 aromatic heterocycles. The Bertz CT molecular complexity index is 662. The van der Waals surface area contributed by atoms with Crippen LogP contribution in [0.15, 0.2) is 24.3 Å². The summed E-state index contributed by atoms with van der Waals surface area (Å²) in [5.41, 5.74) is 0.833. The number of nitrogens with zero attached hydrogens (tertiary/aromatic N) is 2. The molecule has 2 N–H and O–H groups in total. The third-order valence-corrected chi connectivity index (χ3v) is 4.26. The monoisotopic (exact) mass is 363 g/mol. The number of carboxylic acids is 1. The molecule has 2 rings (SSSR count). The zero-order valence-corrected chi connectivity index (χ0v) is 15.1. The minimum absolute atomic E-state index is 0.0484. The highest BCUT2D eigenvalue weighted by molar-refractivity contribution is 5.77. The molecule has 0 spiro atoms. The van der Waals surface area contributed by atoms with Crippen LogP contribution in [0.3, 0.4) is 0 Å². The molecule has 1 aliphatic heterocycles. The van der Waals surface area contributed by atoms with Gasteiger partial charge in [-0.05, 0) is 30.5 Å². The zero-order valence-electron chi connectivity index (χ0n) is 15.1. The number of carboxylic acid groups (broad SMARTS) is 1. The zero-order chi connectivity index (χ0) is 19.1. The molecule has 1 aliphatic rings. The minimum Gasteiger partial charge on any atom is -0.484 e. The van der Waals surface area contributed by atoms with Gasteiger partial charge in [-0.25, -0.2) is 4.79 Å². The molecule has 142 valence electrons. The fourth-order valence-corrected chi connectivity index (χ4v) is 2.67. The first-order valence-corrected chi connectivity index (χ1v) is 8.54. The second-order valence-electron chi connectivity index (χ2n) is 6.51. The number of hydrogen-bond acceptors (Lipinski definition) is 4. The van der Waals surface area contributed by atoms with E-state index in [9.17, 15) is 14.4 Å².